The van der Waals surface area contributed by atoms with E-state index in [9.17, 15) is 9.90 Å². The normalized spacial score (nSPS) is 10.3. The number of aromatic hydroxyl groups is 1. The third-order valence-electron chi connectivity index (χ3n) is 4.46. The molecule has 0 radical (unpaired) electrons. The number of hydrogen-bond donors (Lipinski definition) is 3. The van der Waals surface area contributed by atoms with Crippen molar-refractivity contribution < 1.29 is 14.6 Å². The molecular weight excluding hydrogens is 342 g/mol. The maximum Gasteiger partial charge on any atom is 0.335 e. The summed E-state index contributed by atoms with van der Waals surface area (Å²) in [6.07, 6.45) is 1.08. The molecular formula is C21H25N3O3. The van der Waals surface area contributed by atoms with E-state index in [2.05, 4.69) is 11.5 Å². The van der Waals surface area contributed by atoms with E-state index >= 15 is 0 Å². The lowest BCUT2D eigenvalue weighted by atomic mass is 9.92. The Morgan fingerprint density at radius 3 is 2.48 bits per heavy atom. The van der Waals surface area contributed by atoms with Gasteiger partial charge in [-0.15, -0.1) is 0 Å². The molecule has 0 aliphatic carbocycles. The SMILES string of the molecule is C=CC(=O)Oc1ccc(C(=N)N)c(-c2ccc(N(CC)CC)cc2O)c1C. The van der Waals surface area contributed by atoms with Gasteiger partial charge in [0.2, 0.25) is 0 Å². The second-order valence-electron chi connectivity index (χ2n) is 6.02. The maximum absolute atomic E-state index is 11.6. The predicted molar refractivity (Wildman–Crippen MR) is 109 cm³/mol. The zero-order valence-electron chi connectivity index (χ0n) is 15.9. The van der Waals surface area contributed by atoms with Gasteiger partial charge in [-0.2, -0.15) is 0 Å². The third kappa shape index (κ3) is 4.11. The Morgan fingerprint density at radius 2 is 1.96 bits per heavy atom. The number of nitrogens with one attached hydrogen (secondary N) is 1. The Kier molecular flexibility index (Phi) is 6.23. The molecule has 2 rings (SSSR count). The number of benzene rings is 2. The van der Waals surface area contributed by atoms with Crippen molar-refractivity contribution in [2.45, 2.75) is 20.8 Å². The third-order valence-corrected chi connectivity index (χ3v) is 4.46. The van der Waals surface area contributed by atoms with Gasteiger partial charge in [0.05, 0.1) is 0 Å². The number of esters is 1. The second kappa shape index (κ2) is 8.40. The number of carbonyl (C=O) groups is 1. The fourth-order valence-electron chi connectivity index (χ4n) is 3.04. The van der Waals surface area contributed by atoms with E-state index in [1.54, 1.807) is 31.2 Å². The van der Waals surface area contributed by atoms with Gasteiger partial charge < -0.3 is 20.5 Å². The summed E-state index contributed by atoms with van der Waals surface area (Å²) < 4.78 is 5.27. The molecule has 0 saturated heterocycles. The van der Waals surface area contributed by atoms with E-state index in [4.69, 9.17) is 15.9 Å². The van der Waals surface area contributed by atoms with Crippen molar-refractivity contribution in [3.63, 3.8) is 0 Å². The van der Waals surface area contributed by atoms with E-state index in [-0.39, 0.29) is 11.6 Å². The van der Waals surface area contributed by atoms with Crippen molar-refractivity contribution in [3.8, 4) is 22.6 Å². The average molecular weight is 367 g/mol. The van der Waals surface area contributed by atoms with Gasteiger partial charge in [0.1, 0.15) is 17.3 Å². The summed E-state index contributed by atoms with van der Waals surface area (Å²) in [7, 11) is 0. The Morgan fingerprint density at radius 1 is 1.30 bits per heavy atom. The molecule has 4 N–H and O–H groups in total. The molecule has 2 aromatic rings. The van der Waals surface area contributed by atoms with E-state index < -0.39 is 5.97 Å². The van der Waals surface area contributed by atoms with Crippen LogP contribution in [0.25, 0.3) is 11.1 Å². The lowest BCUT2D eigenvalue weighted by Crippen LogP contribution is -2.21. The molecule has 6 heteroatoms. The number of nitrogens with zero attached hydrogens (tertiary/aromatic N) is 1. The highest BCUT2D eigenvalue weighted by atomic mass is 16.5. The van der Waals surface area contributed by atoms with Crippen molar-refractivity contribution in [3.05, 3.63) is 54.1 Å². The van der Waals surface area contributed by atoms with Crippen LogP contribution in [0.2, 0.25) is 0 Å². The highest BCUT2D eigenvalue weighted by Gasteiger charge is 2.19. The highest BCUT2D eigenvalue weighted by Crippen LogP contribution is 2.39. The van der Waals surface area contributed by atoms with Crippen LogP contribution < -0.4 is 15.4 Å². The molecule has 0 saturated carbocycles. The standard InChI is InChI=1S/C21H25N3O3/c1-5-19(26)27-18-11-10-16(21(22)23)20(13(18)4)15-9-8-14(12-17(15)25)24(6-2)7-3/h5,8-12,25H,1,6-7H2,2-4H3,(H3,22,23). The first kappa shape index (κ1) is 20.0. The Bertz CT molecular complexity index is 886. The average Bonchev–Trinajstić information content (AvgIpc) is 2.64. The van der Waals surface area contributed by atoms with Crippen LogP contribution in [-0.4, -0.2) is 30.0 Å². The predicted octanol–water partition coefficient (Wildman–Crippen LogP) is 3.59. The number of ether oxygens (including phenoxy) is 1. The number of anilines is 1. The molecule has 0 atom stereocenters. The molecule has 0 fully saturated rings. The van der Waals surface area contributed by atoms with Gasteiger partial charge in [-0.25, -0.2) is 4.79 Å². The lowest BCUT2D eigenvalue weighted by molar-refractivity contribution is -0.129. The lowest BCUT2D eigenvalue weighted by Gasteiger charge is -2.22. The monoisotopic (exact) mass is 367 g/mol. The number of hydrogen-bond acceptors (Lipinski definition) is 5. The fraction of sp³-hybridized carbons (Fsp3) is 0.238. The van der Waals surface area contributed by atoms with Crippen molar-refractivity contribution in [2.75, 3.05) is 18.0 Å². The molecule has 27 heavy (non-hydrogen) atoms. The van der Waals surface area contributed by atoms with Gasteiger partial charge in [0, 0.05) is 53.2 Å². The number of phenols is 1. The molecule has 0 heterocycles. The van der Waals surface area contributed by atoms with Crippen LogP contribution in [0, 0.1) is 12.3 Å². The molecule has 0 aliphatic heterocycles. The van der Waals surface area contributed by atoms with Gasteiger partial charge in [0.25, 0.3) is 0 Å². The first-order valence-corrected chi connectivity index (χ1v) is 8.74. The highest BCUT2D eigenvalue weighted by molar-refractivity contribution is 6.03. The number of rotatable bonds is 7. The van der Waals surface area contributed by atoms with Gasteiger partial charge >= 0.3 is 5.97 Å². The first-order chi connectivity index (χ1) is 12.8. The van der Waals surface area contributed by atoms with E-state index in [0.717, 1.165) is 24.9 Å². The maximum atomic E-state index is 11.6. The summed E-state index contributed by atoms with van der Waals surface area (Å²) in [5.74, 6) is -0.327. The van der Waals surface area contributed by atoms with Crippen LogP contribution >= 0.6 is 0 Å². The minimum atomic E-state index is -0.583. The van der Waals surface area contributed by atoms with E-state index in [1.807, 2.05) is 19.9 Å². The Hall–Kier alpha value is -3.28. The smallest absolute Gasteiger partial charge is 0.335 e. The molecule has 2 aromatic carbocycles. The van der Waals surface area contributed by atoms with Crippen LogP contribution in [0.5, 0.6) is 11.5 Å². The summed E-state index contributed by atoms with van der Waals surface area (Å²) in [6.45, 7) is 10.9. The molecule has 6 nitrogen and oxygen atoms in total. The van der Waals surface area contributed by atoms with Crippen LogP contribution in [0.15, 0.2) is 43.0 Å². The van der Waals surface area contributed by atoms with Crippen LogP contribution in [-0.2, 0) is 4.79 Å². The molecule has 0 unspecified atom stereocenters. The molecule has 0 bridgehead atoms. The van der Waals surface area contributed by atoms with Crippen LogP contribution in [0.1, 0.15) is 25.0 Å². The first-order valence-electron chi connectivity index (χ1n) is 8.74. The zero-order valence-corrected chi connectivity index (χ0v) is 15.9. The molecule has 0 aliphatic rings. The quantitative estimate of drug-likeness (QED) is 0.228. The van der Waals surface area contributed by atoms with Crippen molar-refractivity contribution in [2.24, 2.45) is 5.73 Å². The zero-order chi connectivity index (χ0) is 20.1. The summed E-state index contributed by atoms with van der Waals surface area (Å²) in [5, 5.41) is 18.5. The van der Waals surface area contributed by atoms with E-state index in [1.165, 1.54) is 0 Å². The Labute approximate surface area is 159 Å². The fourth-order valence-corrected chi connectivity index (χ4v) is 3.04. The van der Waals surface area contributed by atoms with Crippen LogP contribution in [0.4, 0.5) is 5.69 Å². The van der Waals surface area contributed by atoms with Gasteiger partial charge in [-0.05, 0) is 45.0 Å². The van der Waals surface area contributed by atoms with Crippen LogP contribution in [0.3, 0.4) is 0 Å². The molecule has 142 valence electrons. The van der Waals surface area contributed by atoms with Crippen molar-refractivity contribution >= 4 is 17.5 Å². The summed E-state index contributed by atoms with van der Waals surface area (Å²) in [4.78, 5) is 13.7. The number of phenolic OH excluding ortho intramolecular Hbond substituents is 1. The summed E-state index contributed by atoms with van der Waals surface area (Å²) >= 11 is 0. The number of nitrogen functional groups attached to an aromatic ring is 1. The second-order valence-corrected chi connectivity index (χ2v) is 6.02. The number of carbonyl (C=O) groups excluding carboxylic acids is 1. The molecule has 0 spiro atoms. The Balaban J connectivity index is 2.65. The topological polar surface area (TPSA) is 99.6 Å². The van der Waals surface area contributed by atoms with Crippen molar-refractivity contribution in [1.82, 2.24) is 0 Å². The van der Waals surface area contributed by atoms with Crippen molar-refractivity contribution in [1.29, 1.82) is 5.41 Å². The summed E-state index contributed by atoms with van der Waals surface area (Å²) in [5.41, 5.74) is 8.77. The minimum absolute atomic E-state index is 0.0668. The number of amidine groups is 1. The van der Waals surface area contributed by atoms with Gasteiger partial charge in [0.15, 0.2) is 0 Å². The van der Waals surface area contributed by atoms with Gasteiger partial charge in [-0.3, -0.25) is 5.41 Å². The molecule has 0 aromatic heterocycles. The largest absolute Gasteiger partial charge is 0.507 e. The van der Waals surface area contributed by atoms with Gasteiger partial charge in [-0.1, -0.05) is 6.58 Å². The minimum Gasteiger partial charge on any atom is -0.507 e. The molecule has 0 amide bonds. The van der Waals surface area contributed by atoms with E-state index in [0.29, 0.717) is 28.0 Å². The number of nitrogens with two attached hydrogens (primary N) is 1. The summed E-state index contributed by atoms with van der Waals surface area (Å²) in [6, 6.07) is 8.57.